The van der Waals surface area contributed by atoms with Crippen molar-refractivity contribution in [3.05, 3.63) is 71.9 Å². The Hall–Kier alpha value is -5.64. The summed E-state index contributed by atoms with van der Waals surface area (Å²) in [6.45, 7) is 0.600. The Bertz CT molecular complexity index is 1560. The van der Waals surface area contributed by atoms with Crippen molar-refractivity contribution in [2.45, 2.75) is 62.7 Å². The summed E-state index contributed by atoms with van der Waals surface area (Å²) in [5.41, 5.74) is 24.8. The molecule has 1 heterocycles. The maximum absolute atomic E-state index is 13.9. The van der Waals surface area contributed by atoms with E-state index in [-0.39, 0.29) is 44.1 Å². The highest BCUT2D eigenvalue weighted by molar-refractivity contribution is 5.95. The van der Waals surface area contributed by atoms with E-state index in [9.17, 15) is 19.2 Å². The molecule has 0 bridgehead atoms. The summed E-state index contributed by atoms with van der Waals surface area (Å²) in [6, 6.07) is 12.3. The maximum Gasteiger partial charge on any atom is 0.243 e. The second-order valence-electron chi connectivity index (χ2n) is 11.4. The number of benzene rings is 2. The fourth-order valence-corrected chi connectivity index (χ4v) is 5.10. The topological polar surface area (TPSA) is 296 Å². The van der Waals surface area contributed by atoms with E-state index in [4.69, 9.17) is 33.8 Å². The van der Waals surface area contributed by atoms with E-state index >= 15 is 0 Å². The third kappa shape index (κ3) is 11.9. The molecule has 0 spiro atoms. The molecule has 48 heavy (non-hydrogen) atoms. The molecular weight excluding hydrogens is 616 g/mol. The number of aromatic nitrogens is 1. The molecule has 16 N–H and O–H groups in total. The van der Waals surface area contributed by atoms with Crippen LogP contribution in [-0.4, -0.2) is 77.8 Å². The highest BCUT2D eigenvalue weighted by Crippen LogP contribution is 2.19. The number of hydrogen-bond donors (Lipinski definition) is 12. The molecule has 0 aliphatic rings. The van der Waals surface area contributed by atoms with E-state index in [1.54, 1.807) is 30.5 Å². The largest absolute Gasteiger partial charge is 0.370 e. The lowest BCUT2D eigenvalue weighted by atomic mass is 10.0. The van der Waals surface area contributed by atoms with Gasteiger partial charge in [-0.05, 0) is 42.9 Å². The molecule has 1 aromatic heterocycles. The SMILES string of the molecule is N=C(N)NCCC[C@H](NC(=O)[C@H](Cc1c[nH]c2ccccc12)NC(=O)[C@@H](N)CCCNC(=N)N)C(=O)N[C@@H](Cc1ccccc1)C(N)=O. The Labute approximate surface area is 278 Å². The van der Waals surface area contributed by atoms with Crippen molar-refractivity contribution in [3.63, 3.8) is 0 Å². The van der Waals surface area contributed by atoms with Gasteiger partial charge < -0.3 is 54.5 Å². The fraction of sp³-hybridized carbons (Fsp3) is 0.375. The number of guanidine groups is 2. The van der Waals surface area contributed by atoms with Gasteiger partial charge in [0.25, 0.3) is 0 Å². The number of rotatable bonds is 19. The smallest absolute Gasteiger partial charge is 0.243 e. The second kappa shape index (κ2) is 18.5. The van der Waals surface area contributed by atoms with Crippen LogP contribution in [0.1, 0.15) is 36.8 Å². The van der Waals surface area contributed by atoms with Gasteiger partial charge in [-0.2, -0.15) is 0 Å². The number of H-pyrrole nitrogens is 1. The van der Waals surface area contributed by atoms with Crippen LogP contribution in [0.5, 0.6) is 0 Å². The summed E-state index contributed by atoms with van der Waals surface area (Å²) in [4.78, 5) is 56.1. The van der Waals surface area contributed by atoms with Crippen LogP contribution in [-0.2, 0) is 32.0 Å². The summed E-state index contributed by atoms with van der Waals surface area (Å²) in [7, 11) is 0. The third-order valence-corrected chi connectivity index (χ3v) is 7.64. The van der Waals surface area contributed by atoms with Crippen LogP contribution in [0.2, 0.25) is 0 Å². The van der Waals surface area contributed by atoms with E-state index in [1.807, 2.05) is 30.3 Å². The van der Waals surface area contributed by atoms with Gasteiger partial charge in [0.15, 0.2) is 11.9 Å². The van der Waals surface area contributed by atoms with Gasteiger partial charge in [0.1, 0.15) is 18.1 Å². The van der Waals surface area contributed by atoms with Gasteiger partial charge in [-0.15, -0.1) is 0 Å². The van der Waals surface area contributed by atoms with Gasteiger partial charge in [0.05, 0.1) is 6.04 Å². The number of nitrogens with two attached hydrogens (primary N) is 4. The van der Waals surface area contributed by atoms with Crippen molar-refractivity contribution in [2.75, 3.05) is 13.1 Å². The van der Waals surface area contributed by atoms with Crippen molar-refractivity contribution in [1.82, 2.24) is 31.6 Å². The molecule has 0 aliphatic heterocycles. The van der Waals surface area contributed by atoms with E-state index in [1.165, 1.54) is 0 Å². The molecule has 0 saturated carbocycles. The molecule has 0 saturated heterocycles. The van der Waals surface area contributed by atoms with E-state index in [2.05, 4.69) is 31.6 Å². The lowest BCUT2D eigenvalue weighted by molar-refractivity contribution is -0.133. The Morgan fingerprint density at radius 3 is 1.90 bits per heavy atom. The quantitative estimate of drug-likeness (QED) is 0.0414. The molecule has 3 aromatic rings. The number of hydrogen-bond acceptors (Lipinski definition) is 7. The fourth-order valence-electron chi connectivity index (χ4n) is 5.10. The molecule has 4 atom stereocenters. The zero-order valence-corrected chi connectivity index (χ0v) is 26.7. The van der Waals surface area contributed by atoms with Gasteiger partial charge in [-0.25, -0.2) is 0 Å². The van der Waals surface area contributed by atoms with Crippen molar-refractivity contribution in [2.24, 2.45) is 22.9 Å². The molecule has 2 aromatic carbocycles. The maximum atomic E-state index is 13.9. The predicted octanol–water partition coefficient (Wildman–Crippen LogP) is -1.25. The van der Waals surface area contributed by atoms with E-state index in [0.717, 1.165) is 22.0 Å². The number of nitrogens with one attached hydrogen (secondary N) is 8. The summed E-state index contributed by atoms with van der Waals surface area (Å²) in [5, 5.41) is 29.0. The standard InChI is InChI=1S/C32H46N12O4/c33-22(11-6-14-39-31(35)36)28(46)44-26(17-20-18-41-23-12-5-4-10-21(20)23)30(48)42-24(13-7-15-40-32(37)38)29(47)43-25(27(34)45)16-19-8-2-1-3-9-19/h1-5,8-10,12,18,22,24-26,41H,6-7,11,13-17,33H2,(H2,34,45)(H,42,48)(H,43,47)(H,44,46)(H4,35,36,39)(H4,37,38,40)/t22-,24-,25-,26-/m0/s1. The van der Waals surface area contributed by atoms with Gasteiger partial charge in [0, 0.05) is 43.0 Å². The van der Waals surface area contributed by atoms with Crippen molar-refractivity contribution < 1.29 is 19.2 Å². The molecular formula is C32H46N12O4. The highest BCUT2D eigenvalue weighted by Gasteiger charge is 2.30. The molecule has 0 unspecified atom stereocenters. The molecule has 4 amide bonds. The van der Waals surface area contributed by atoms with Gasteiger partial charge >= 0.3 is 0 Å². The molecule has 3 rings (SSSR count). The van der Waals surface area contributed by atoms with Crippen molar-refractivity contribution in [3.8, 4) is 0 Å². The molecule has 0 aliphatic carbocycles. The minimum Gasteiger partial charge on any atom is -0.370 e. The first kappa shape index (κ1) is 36.8. The van der Waals surface area contributed by atoms with Gasteiger partial charge in [-0.1, -0.05) is 48.5 Å². The van der Waals surface area contributed by atoms with Gasteiger partial charge in [-0.3, -0.25) is 30.0 Å². The number of aromatic amines is 1. The molecule has 0 radical (unpaired) electrons. The van der Waals surface area contributed by atoms with Crippen LogP contribution in [0.25, 0.3) is 10.9 Å². The molecule has 16 heteroatoms. The third-order valence-electron chi connectivity index (χ3n) is 7.64. The first-order chi connectivity index (χ1) is 22.9. The monoisotopic (exact) mass is 662 g/mol. The zero-order chi connectivity index (χ0) is 35.1. The molecule has 258 valence electrons. The normalized spacial score (nSPS) is 13.4. The van der Waals surface area contributed by atoms with E-state index < -0.39 is 47.8 Å². The summed E-state index contributed by atoms with van der Waals surface area (Å²) >= 11 is 0. The first-order valence-electron chi connectivity index (χ1n) is 15.6. The Morgan fingerprint density at radius 1 is 0.688 bits per heavy atom. The molecule has 0 fully saturated rings. The highest BCUT2D eigenvalue weighted by atomic mass is 16.2. The summed E-state index contributed by atoms with van der Waals surface area (Å²) in [5.74, 6) is -3.03. The Morgan fingerprint density at radius 2 is 1.25 bits per heavy atom. The summed E-state index contributed by atoms with van der Waals surface area (Å²) in [6.07, 6.45) is 3.14. The van der Waals surface area contributed by atoms with Crippen LogP contribution in [0.15, 0.2) is 60.8 Å². The van der Waals surface area contributed by atoms with Crippen molar-refractivity contribution >= 4 is 46.5 Å². The van der Waals surface area contributed by atoms with Crippen LogP contribution in [0, 0.1) is 10.8 Å². The molecule has 16 nitrogen and oxygen atoms in total. The Kier molecular flexibility index (Phi) is 14.2. The first-order valence-corrected chi connectivity index (χ1v) is 15.6. The predicted molar refractivity (Wildman–Crippen MR) is 183 cm³/mol. The van der Waals surface area contributed by atoms with Crippen LogP contribution >= 0.6 is 0 Å². The number of fused-ring (bicyclic) bond motifs is 1. The minimum absolute atomic E-state index is 0.0817. The number of para-hydroxylation sites is 1. The van der Waals surface area contributed by atoms with E-state index in [0.29, 0.717) is 19.4 Å². The van der Waals surface area contributed by atoms with Crippen molar-refractivity contribution in [1.29, 1.82) is 10.8 Å². The zero-order valence-electron chi connectivity index (χ0n) is 26.7. The minimum atomic E-state index is -1.13. The van der Waals surface area contributed by atoms with Gasteiger partial charge in [0.2, 0.25) is 23.6 Å². The number of carbonyl (C=O) groups excluding carboxylic acids is 4. The van der Waals surface area contributed by atoms with Crippen LogP contribution < -0.4 is 49.5 Å². The number of carbonyl (C=O) groups is 4. The lowest BCUT2D eigenvalue weighted by Crippen LogP contribution is -2.58. The average Bonchev–Trinajstić information content (AvgIpc) is 3.46. The average molecular weight is 663 g/mol. The second-order valence-corrected chi connectivity index (χ2v) is 11.4. The lowest BCUT2D eigenvalue weighted by Gasteiger charge is -2.26. The number of amides is 4. The summed E-state index contributed by atoms with van der Waals surface area (Å²) < 4.78 is 0. The van der Waals surface area contributed by atoms with Crippen LogP contribution in [0.4, 0.5) is 0 Å². The Balaban J connectivity index is 1.81. The number of primary amides is 1. The van der Waals surface area contributed by atoms with Crippen LogP contribution in [0.3, 0.4) is 0 Å².